The van der Waals surface area contributed by atoms with Crippen LogP contribution in [-0.4, -0.2) is 29.0 Å². The fraction of sp³-hybridized carbons (Fsp3) is 0.286. The highest BCUT2D eigenvalue weighted by atomic mass is 16.5. The van der Waals surface area contributed by atoms with E-state index in [-0.39, 0.29) is 12.3 Å². The van der Waals surface area contributed by atoms with Crippen LogP contribution < -0.4 is 15.7 Å². The fourth-order valence-corrected chi connectivity index (χ4v) is 2.86. The molecule has 1 aromatic carbocycles. The van der Waals surface area contributed by atoms with Crippen LogP contribution in [0.2, 0.25) is 0 Å². The molecular formula is C21H23N3O4. The third kappa shape index (κ3) is 4.68. The Morgan fingerprint density at radius 2 is 2.21 bits per heavy atom. The molecule has 3 aromatic rings. The quantitative estimate of drug-likeness (QED) is 0.462. The molecule has 0 saturated carbocycles. The van der Waals surface area contributed by atoms with Crippen LogP contribution in [0.1, 0.15) is 23.7 Å². The number of nitrogens with zero attached hydrogens (tertiary/aromatic N) is 1. The number of nitrogens with one attached hydrogen (secondary N) is 2. The summed E-state index contributed by atoms with van der Waals surface area (Å²) in [5, 5.41) is 3.59. The molecule has 0 bridgehead atoms. The number of hydrogen-bond donors (Lipinski definition) is 2. The zero-order valence-electron chi connectivity index (χ0n) is 16.0. The van der Waals surface area contributed by atoms with Crippen molar-refractivity contribution in [2.45, 2.75) is 26.7 Å². The Kier molecular flexibility index (Phi) is 5.93. The highest BCUT2D eigenvalue weighted by Gasteiger charge is 2.15. The molecule has 0 unspecified atom stereocenters. The van der Waals surface area contributed by atoms with Crippen molar-refractivity contribution < 1.29 is 13.9 Å². The van der Waals surface area contributed by atoms with Crippen LogP contribution in [-0.2, 0) is 17.6 Å². The third-order valence-electron chi connectivity index (χ3n) is 4.35. The maximum absolute atomic E-state index is 12.4. The van der Waals surface area contributed by atoms with Crippen molar-refractivity contribution >= 4 is 16.9 Å². The molecule has 7 heteroatoms. The molecule has 0 spiro atoms. The topological polar surface area (TPSA) is 97.2 Å². The molecule has 0 saturated heterocycles. The second-order valence-electron chi connectivity index (χ2n) is 6.75. The highest BCUT2D eigenvalue weighted by Crippen LogP contribution is 2.24. The molecule has 2 heterocycles. The molecule has 0 radical (unpaired) electrons. The Hall–Kier alpha value is -3.35. The van der Waals surface area contributed by atoms with E-state index in [0.29, 0.717) is 36.5 Å². The minimum atomic E-state index is -0.509. The number of aromatic nitrogens is 2. The van der Waals surface area contributed by atoms with Gasteiger partial charge in [0, 0.05) is 36.3 Å². The summed E-state index contributed by atoms with van der Waals surface area (Å²) in [4.78, 5) is 31.6. The first kappa shape index (κ1) is 19.4. The largest absolute Gasteiger partial charge is 0.489 e. The summed E-state index contributed by atoms with van der Waals surface area (Å²) in [6.45, 7) is 8.34. The van der Waals surface area contributed by atoms with Gasteiger partial charge in [0.05, 0.1) is 18.3 Å². The maximum Gasteiger partial charge on any atom is 0.340 e. The van der Waals surface area contributed by atoms with Crippen LogP contribution in [0.3, 0.4) is 0 Å². The molecule has 3 rings (SSSR count). The Morgan fingerprint density at radius 1 is 1.39 bits per heavy atom. The molecule has 0 atom stereocenters. The first-order valence-electron chi connectivity index (χ1n) is 9.01. The van der Waals surface area contributed by atoms with Gasteiger partial charge in [0.2, 0.25) is 5.91 Å². The van der Waals surface area contributed by atoms with Crippen molar-refractivity contribution in [2.75, 3.05) is 13.2 Å². The number of aromatic amines is 1. The second kappa shape index (κ2) is 8.56. The van der Waals surface area contributed by atoms with Crippen LogP contribution in [0, 0.1) is 6.92 Å². The number of imidazole rings is 1. The molecule has 0 aliphatic rings. The molecule has 0 aliphatic heterocycles. The number of H-pyrrole nitrogens is 1. The Morgan fingerprint density at radius 3 is 2.93 bits per heavy atom. The predicted octanol–water partition coefficient (Wildman–Crippen LogP) is 2.68. The summed E-state index contributed by atoms with van der Waals surface area (Å²) in [5.41, 5.74) is 2.86. The van der Waals surface area contributed by atoms with Gasteiger partial charge in [0.15, 0.2) is 0 Å². The number of benzene rings is 1. The number of carbonyl (C=O) groups excluding carboxylic acids is 1. The van der Waals surface area contributed by atoms with Gasteiger partial charge in [0.1, 0.15) is 17.9 Å². The molecule has 2 aromatic heterocycles. The minimum absolute atomic E-state index is 0.0268. The van der Waals surface area contributed by atoms with Crippen molar-refractivity contribution in [3.8, 4) is 5.75 Å². The van der Waals surface area contributed by atoms with Gasteiger partial charge in [-0.15, -0.1) is 0 Å². The SMILES string of the molecule is C=C(C)COc1ccc2c(C)c(CC(=O)NCCc3cnc[nH]3)c(=O)oc2c1. The van der Waals surface area contributed by atoms with Gasteiger partial charge >= 0.3 is 5.63 Å². The molecule has 0 fully saturated rings. The molecular weight excluding hydrogens is 358 g/mol. The van der Waals surface area contributed by atoms with E-state index in [1.54, 1.807) is 18.6 Å². The van der Waals surface area contributed by atoms with Crippen molar-refractivity contribution in [3.63, 3.8) is 0 Å². The first-order chi connectivity index (χ1) is 13.4. The average Bonchev–Trinajstić information content (AvgIpc) is 3.16. The Balaban J connectivity index is 1.72. The van der Waals surface area contributed by atoms with E-state index in [9.17, 15) is 9.59 Å². The van der Waals surface area contributed by atoms with E-state index in [4.69, 9.17) is 9.15 Å². The lowest BCUT2D eigenvalue weighted by Crippen LogP contribution is -2.29. The number of rotatable bonds is 8. The summed E-state index contributed by atoms with van der Waals surface area (Å²) in [6, 6.07) is 5.33. The zero-order chi connectivity index (χ0) is 20.1. The van der Waals surface area contributed by atoms with Crippen LogP contribution in [0.5, 0.6) is 5.75 Å². The van der Waals surface area contributed by atoms with Crippen molar-refractivity contribution in [2.24, 2.45) is 0 Å². The van der Waals surface area contributed by atoms with Crippen LogP contribution >= 0.6 is 0 Å². The van der Waals surface area contributed by atoms with E-state index < -0.39 is 5.63 Å². The smallest absolute Gasteiger partial charge is 0.340 e. The highest BCUT2D eigenvalue weighted by molar-refractivity contribution is 5.85. The summed E-state index contributed by atoms with van der Waals surface area (Å²) < 4.78 is 11.0. The van der Waals surface area contributed by atoms with Crippen molar-refractivity contribution in [3.05, 3.63) is 70.1 Å². The number of amides is 1. The van der Waals surface area contributed by atoms with Crippen molar-refractivity contribution in [1.29, 1.82) is 0 Å². The molecule has 2 N–H and O–H groups in total. The van der Waals surface area contributed by atoms with E-state index in [2.05, 4.69) is 21.9 Å². The van der Waals surface area contributed by atoms with E-state index in [1.165, 1.54) is 0 Å². The Bertz CT molecular complexity index is 1050. The van der Waals surface area contributed by atoms with Gasteiger partial charge < -0.3 is 19.5 Å². The first-order valence-corrected chi connectivity index (χ1v) is 9.01. The second-order valence-corrected chi connectivity index (χ2v) is 6.75. The summed E-state index contributed by atoms with van der Waals surface area (Å²) in [6.07, 6.45) is 3.92. The van der Waals surface area contributed by atoms with Gasteiger partial charge in [-0.3, -0.25) is 4.79 Å². The number of aryl methyl sites for hydroxylation is 1. The number of hydrogen-bond acceptors (Lipinski definition) is 5. The monoisotopic (exact) mass is 381 g/mol. The van der Waals surface area contributed by atoms with E-state index in [0.717, 1.165) is 22.2 Å². The van der Waals surface area contributed by atoms with E-state index >= 15 is 0 Å². The lowest BCUT2D eigenvalue weighted by atomic mass is 10.0. The molecule has 1 amide bonds. The average molecular weight is 381 g/mol. The standard InChI is InChI=1S/C21H23N3O4/c1-13(2)11-27-16-4-5-17-14(3)18(21(26)28-19(17)8-16)9-20(25)23-7-6-15-10-22-12-24-15/h4-5,8,10,12H,1,6-7,9,11H2,2-3H3,(H,22,24)(H,23,25). The van der Waals surface area contributed by atoms with Gasteiger partial charge in [-0.2, -0.15) is 0 Å². The number of ether oxygens (including phenoxy) is 1. The zero-order valence-corrected chi connectivity index (χ0v) is 16.0. The molecule has 28 heavy (non-hydrogen) atoms. The predicted molar refractivity (Wildman–Crippen MR) is 107 cm³/mol. The van der Waals surface area contributed by atoms with Gasteiger partial charge in [-0.1, -0.05) is 6.58 Å². The van der Waals surface area contributed by atoms with Crippen LogP contribution in [0.15, 0.2) is 52.1 Å². The van der Waals surface area contributed by atoms with Crippen LogP contribution in [0.4, 0.5) is 0 Å². The fourth-order valence-electron chi connectivity index (χ4n) is 2.86. The molecule has 0 aliphatic carbocycles. The van der Waals surface area contributed by atoms with Gasteiger partial charge in [-0.05, 0) is 37.1 Å². The lowest BCUT2D eigenvalue weighted by molar-refractivity contribution is -0.120. The molecule has 146 valence electrons. The van der Waals surface area contributed by atoms with Crippen molar-refractivity contribution in [1.82, 2.24) is 15.3 Å². The maximum atomic E-state index is 12.4. The van der Waals surface area contributed by atoms with E-state index in [1.807, 2.05) is 26.0 Å². The van der Waals surface area contributed by atoms with Crippen LogP contribution in [0.25, 0.3) is 11.0 Å². The van der Waals surface area contributed by atoms with Gasteiger partial charge in [0.25, 0.3) is 0 Å². The number of carbonyl (C=O) groups is 1. The van der Waals surface area contributed by atoms with Gasteiger partial charge in [-0.25, -0.2) is 9.78 Å². The summed E-state index contributed by atoms with van der Waals surface area (Å²) >= 11 is 0. The lowest BCUT2D eigenvalue weighted by Gasteiger charge is -2.10. The number of fused-ring (bicyclic) bond motifs is 1. The minimum Gasteiger partial charge on any atom is -0.489 e. The Labute approximate surface area is 162 Å². The third-order valence-corrected chi connectivity index (χ3v) is 4.35. The summed E-state index contributed by atoms with van der Waals surface area (Å²) in [7, 11) is 0. The summed E-state index contributed by atoms with van der Waals surface area (Å²) in [5.74, 6) is 0.373. The molecule has 7 nitrogen and oxygen atoms in total. The normalized spacial score (nSPS) is 10.8.